The van der Waals surface area contributed by atoms with Crippen molar-refractivity contribution < 1.29 is 4.79 Å². The molecule has 1 unspecified atom stereocenters. The molecule has 0 radical (unpaired) electrons. The third-order valence-corrected chi connectivity index (χ3v) is 4.17. The highest BCUT2D eigenvalue weighted by Crippen LogP contribution is 2.24. The molecule has 1 aliphatic rings. The monoisotopic (exact) mass is 266 g/mol. The molecule has 0 heterocycles. The lowest BCUT2D eigenvalue weighted by Crippen LogP contribution is -1.97. The Hall–Kier alpha value is -0.730. The number of rotatable bonds is 5. The van der Waals surface area contributed by atoms with Crippen molar-refractivity contribution in [2.24, 2.45) is 5.92 Å². The molecule has 3 heteroatoms. The Kier molecular flexibility index (Phi) is 4.69. The Morgan fingerprint density at radius 1 is 1.29 bits per heavy atom. The number of carbonyl (C=O) groups is 1. The molecule has 0 spiro atoms. The average Bonchev–Trinajstić information content (AvgIpc) is 2.73. The zero-order valence-corrected chi connectivity index (χ0v) is 11.1. The molecule has 17 heavy (non-hydrogen) atoms. The number of hydrogen-bond acceptors (Lipinski definition) is 2. The van der Waals surface area contributed by atoms with E-state index in [9.17, 15) is 4.79 Å². The van der Waals surface area contributed by atoms with Crippen LogP contribution < -0.4 is 0 Å². The van der Waals surface area contributed by atoms with Gasteiger partial charge in [-0.1, -0.05) is 17.7 Å². The Bertz CT molecular complexity index is 411. The van der Waals surface area contributed by atoms with Crippen LogP contribution in [-0.2, 0) is 4.79 Å². The van der Waals surface area contributed by atoms with E-state index in [-0.39, 0.29) is 5.78 Å². The second kappa shape index (κ2) is 6.27. The van der Waals surface area contributed by atoms with Crippen molar-refractivity contribution in [1.82, 2.24) is 0 Å². The number of carbonyl (C=O) groups excluding carboxylic acids is 1. The van der Waals surface area contributed by atoms with E-state index in [1.807, 2.05) is 36.0 Å². The lowest BCUT2D eigenvalue weighted by atomic mass is 10.0. The fraction of sp³-hybridized carbons (Fsp3) is 0.357. The first-order chi connectivity index (χ1) is 8.24. The summed E-state index contributed by atoms with van der Waals surface area (Å²) in [6.07, 6.45) is 6.75. The van der Waals surface area contributed by atoms with Gasteiger partial charge < -0.3 is 0 Å². The highest BCUT2D eigenvalue weighted by Gasteiger charge is 2.14. The zero-order chi connectivity index (χ0) is 12.1. The molecule has 0 fully saturated rings. The number of ketones is 1. The Labute approximate surface area is 111 Å². The minimum atomic E-state index is 0.278. The summed E-state index contributed by atoms with van der Waals surface area (Å²) in [7, 11) is 0. The van der Waals surface area contributed by atoms with Gasteiger partial charge >= 0.3 is 0 Å². The predicted octanol–water partition coefficient (Wildman–Crippen LogP) is 4.36. The van der Waals surface area contributed by atoms with E-state index in [1.165, 1.54) is 4.90 Å². The maximum absolute atomic E-state index is 11.0. The van der Waals surface area contributed by atoms with E-state index >= 15 is 0 Å². The Morgan fingerprint density at radius 3 is 2.71 bits per heavy atom. The lowest BCUT2D eigenvalue weighted by molar-refractivity contribution is -0.114. The van der Waals surface area contributed by atoms with Gasteiger partial charge in [0.15, 0.2) is 5.78 Å². The summed E-state index contributed by atoms with van der Waals surface area (Å²) in [5.41, 5.74) is 0. The molecule has 0 aromatic heterocycles. The fourth-order valence-corrected chi connectivity index (χ4v) is 2.90. The number of hydrogen-bond donors (Lipinski definition) is 0. The van der Waals surface area contributed by atoms with Gasteiger partial charge in [-0.3, -0.25) is 4.79 Å². The molecule has 0 saturated heterocycles. The van der Waals surface area contributed by atoms with E-state index < -0.39 is 0 Å². The maximum atomic E-state index is 11.0. The van der Waals surface area contributed by atoms with Gasteiger partial charge in [0.05, 0.1) is 0 Å². The first-order valence-electron chi connectivity index (χ1n) is 5.83. The van der Waals surface area contributed by atoms with E-state index in [2.05, 4.69) is 6.08 Å². The predicted molar refractivity (Wildman–Crippen MR) is 73.7 cm³/mol. The van der Waals surface area contributed by atoms with Gasteiger partial charge in [0, 0.05) is 16.3 Å². The molecule has 1 atom stereocenters. The van der Waals surface area contributed by atoms with Crippen LogP contribution in [0.5, 0.6) is 0 Å². The van der Waals surface area contributed by atoms with E-state index in [4.69, 9.17) is 11.6 Å². The molecule has 0 N–H and O–H groups in total. The highest BCUT2D eigenvalue weighted by molar-refractivity contribution is 7.99. The number of allylic oxidation sites excluding steroid dienone is 2. The van der Waals surface area contributed by atoms with Crippen LogP contribution in [0.15, 0.2) is 41.3 Å². The summed E-state index contributed by atoms with van der Waals surface area (Å²) in [5, 5.41) is 0.781. The number of thioether (sulfide) groups is 1. The number of halogens is 1. The van der Waals surface area contributed by atoms with Gasteiger partial charge in [-0.2, -0.15) is 0 Å². The van der Waals surface area contributed by atoms with Crippen LogP contribution in [0.4, 0.5) is 0 Å². The summed E-state index contributed by atoms with van der Waals surface area (Å²) >= 11 is 7.67. The summed E-state index contributed by atoms with van der Waals surface area (Å²) in [6.45, 7) is 0. The van der Waals surface area contributed by atoms with Gasteiger partial charge in [-0.15, -0.1) is 11.8 Å². The third kappa shape index (κ3) is 4.21. The molecule has 0 aliphatic heterocycles. The summed E-state index contributed by atoms with van der Waals surface area (Å²) in [4.78, 5) is 12.3. The minimum Gasteiger partial charge on any atom is -0.295 e. The minimum absolute atomic E-state index is 0.278. The Morgan fingerprint density at radius 2 is 2.06 bits per heavy atom. The van der Waals surface area contributed by atoms with Crippen molar-refractivity contribution >= 4 is 29.1 Å². The van der Waals surface area contributed by atoms with Crippen LogP contribution in [0.1, 0.15) is 19.3 Å². The van der Waals surface area contributed by atoms with Crippen molar-refractivity contribution in [3.8, 4) is 0 Å². The molecule has 1 aliphatic carbocycles. The second-order valence-corrected chi connectivity index (χ2v) is 5.84. The molecule has 0 amide bonds. The van der Waals surface area contributed by atoms with Crippen LogP contribution in [0.2, 0.25) is 5.02 Å². The normalized spacial score (nSPS) is 18.9. The Balaban J connectivity index is 1.65. The SMILES string of the molecule is O=C1C=CC(CCCSc2ccc(Cl)cc2)C1. The molecular weight excluding hydrogens is 252 g/mol. The first-order valence-corrected chi connectivity index (χ1v) is 7.20. The van der Waals surface area contributed by atoms with Crippen LogP contribution in [0, 0.1) is 5.92 Å². The zero-order valence-electron chi connectivity index (χ0n) is 9.56. The van der Waals surface area contributed by atoms with Crippen molar-refractivity contribution in [2.75, 3.05) is 5.75 Å². The smallest absolute Gasteiger partial charge is 0.155 e. The van der Waals surface area contributed by atoms with Gasteiger partial charge in [-0.25, -0.2) is 0 Å². The van der Waals surface area contributed by atoms with Crippen LogP contribution in [0.3, 0.4) is 0 Å². The van der Waals surface area contributed by atoms with Crippen molar-refractivity contribution in [1.29, 1.82) is 0 Å². The average molecular weight is 267 g/mol. The number of benzene rings is 1. The molecule has 0 saturated carbocycles. The van der Waals surface area contributed by atoms with Crippen LogP contribution in [0.25, 0.3) is 0 Å². The molecule has 1 nitrogen and oxygen atoms in total. The van der Waals surface area contributed by atoms with E-state index in [0.29, 0.717) is 12.3 Å². The van der Waals surface area contributed by atoms with Crippen molar-refractivity contribution in [3.05, 3.63) is 41.4 Å². The topological polar surface area (TPSA) is 17.1 Å². The van der Waals surface area contributed by atoms with E-state index in [1.54, 1.807) is 6.08 Å². The van der Waals surface area contributed by atoms with Gasteiger partial charge in [0.25, 0.3) is 0 Å². The molecule has 1 aromatic carbocycles. The van der Waals surface area contributed by atoms with Crippen molar-refractivity contribution in [2.45, 2.75) is 24.2 Å². The standard InChI is InChI=1S/C14H15ClOS/c15-12-4-7-14(8-5-12)17-9-1-2-11-3-6-13(16)10-11/h3-8,11H,1-2,9-10H2. The fourth-order valence-electron chi connectivity index (χ4n) is 1.90. The van der Waals surface area contributed by atoms with Gasteiger partial charge in [0.1, 0.15) is 0 Å². The molecular formula is C14H15ClOS. The summed E-state index contributed by atoms with van der Waals surface area (Å²) in [5.74, 6) is 1.86. The second-order valence-electron chi connectivity index (χ2n) is 4.23. The summed E-state index contributed by atoms with van der Waals surface area (Å²) < 4.78 is 0. The lowest BCUT2D eigenvalue weighted by Gasteiger charge is -2.06. The molecule has 0 bridgehead atoms. The van der Waals surface area contributed by atoms with Crippen LogP contribution >= 0.6 is 23.4 Å². The molecule has 1 aromatic rings. The molecule has 90 valence electrons. The summed E-state index contributed by atoms with van der Waals surface area (Å²) in [6, 6.07) is 7.93. The van der Waals surface area contributed by atoms with Crippen LogP contribution in [-0.4, -0.2) is 11.5 Å². The maximum Gasteiger partial charge on any atom is 0.155 e. The first kappa shape index (κ1) is 12.7. The van der Waals surface area contributed by atoms with Crippen molar-refractivity contribution in [3.63, 3.8) is 0 Å². The van der Waals surface area contributed by atoms with Gasteiger partial charge in [0.2, 0.25) is 0 Å². The van der Waals surface area contributed by atoms with Gasteiger partial charge in [-0.05, 0) is 54.9 Å². The quantitative estimate of drug-likeness (QED) is 0.582. The highest BCUT2D eigenvalue weighted by atomic mass is 35.5. The third-order valence-electron chi connectivity index (χ3n) is 2.82. The van der Waals surface area contributed by atoms with E-state index in [0.717, 1.165) is 23.6 Å². The largest absolute Gasteiger partial charge is 0.295 e. The molecule has 2 rings (SSSR count).